The van der Waals surface area contributed by atoms with E-state index in [9.17, 15) is 4.39 Å². The van der Waals surface area contributed by atoms with Crippen molar-refractivity contribution in [2.75, 3.05) is 6.54 Å². The second kappa shape index (κ2) is 5.63. The summed E-state index contributed by atoms with van der Waals surface area (Å²) < 4.78 is 14.3. The number of hydrogen-bond acceptors (Lipinski definition) is 2. The topological polar surface area (TPSA) is 12.0 Å². The Morgan fingerprint density at radius 1 is 1.22 bits per heavy atom. The van der Waals surface area contributed by atoms with E-state index in [2.05, 4.69) is 23.7 Å². The van der Waals surface area contributed by atoms with Crippen LogP contribution in [-0.4, -0.2) is 6.54 Å². The molecule has 96 valence electrons. The molecule has 0 aliphatic heterocycles. The summed E-state index contributed by atoms with van der Waals surface area (Å²) in [4.78, 5) is 1.24. The van der Waals surface area contributed by atoms with Gasteiger partial charge in [0.25, 0.3) is 0 Å². The van der Waals surface area contributed by atoms with Gasteiger partial charge in [-0.1, -0.05) is 25.1 Å². The van der Waals surface area contributed by atoms with E-state index in [0.29, 0.717) is 5.56 Å². The van der Waals surface area contributed by atoms with Crippen LogP contribution in [0.25, 0.3) is 0 Å². The Balaban J connectivity index is 2.48. The van der Waals surface area contributed by atoms with Crippen LogP contribution in [0.4, 0.5) is 4.39 Å². The van der Waals surface area contributed by atoms with E-state index in [-0.39, 0.29) is 11.9 Å². The summed E-state index contributed by atoms with van der Waals surface area (Å²) in [6.45, 7) is 6.75. The fourth-order valence-corrected chi connectivity index (χ4v) is 2.92. The van der Waals surface area contributed by atoms with Crippen molar-refractivity contribution in [1.29, 1.82) is 0 Å². The maximum Gasteiger partial charge on any atom is 0.131 e. The molecular weight excluding hydrogens is 245 g/mol. The Hall–Kier alpha value is -1.19. The maximum absolute atomic E-state index is 14.3. The predicted molar refractivity (Wildman–Crippen MR) is 75.7 cm³/mol. The monoisotopic (exact) mass is 263 g/mol. The highest BCUT2D eigenvalue weighted by Gasteiger charge is 2.19. The molecular formula is C15H18FNS. The quantitative estimate of drug-likeness (QED) is 0.871. The smallest absolute Gasteiger partial charge is 0.131 e. The molecule has 0 spiro atoms. The van der Waals surface area contributed by atoms with Crippen molar-refractivity contribution in [2.45, 2.75) is 26.8 Å². The van der Waals surface area contributed by atoms with Crippen molar-refractivity contribution in [3.8, 4) is 0 Å². The minimum Gasteiger partial charge on any atom is -0.306 e. The minimum atomic E-state index is -0.103. The summed E-state index contributed by atoms with van der Waals surface area (Å²) in [5, 5.41) is 5.44. The Kier molecular flexibility index (Phi) is 4.15. The molecule has 1 unspecified atom stereocenters. The molecule has 1 atom stereocenters. The number of rotatable bonds is 4. The van der Waals surface area contributed by atoms with Crippen molar-refractivity contribution in [1.82, 2.24) is 5.32 Å². The third kappa shape index (κ3) is 2.47. The molecule has 18 heavy (non-hydrogen) atoms. The van der Waals surface area contributed by atoms with Crippen molar-refractivity contribution in [2.24, 2.45) is 0 Å². The third-order valence-corrected chi connectivity index (χ3v) is 4.01. The molecule has 3 heteroatoms. The molecule has 1 heterocycles. The molecule has 0 saturated heterocycles. The minimum absolute atomic E-state index is 0.0545. The highest BCUT2D eigenvalue weighted by molar-refractivity contribution is 7.10. The lowest BCUT2D eigenvalue weighted by molar-refractivity contribution is 0.553. The largest absolute Gasteiger partial charge is 0.306 e. The molecule has 0 aliphatic rings. The molecule has 0 amide bonds. The van der Waals surface area contributed by atoms with Crippen molar-refractivity contribution in [3.63, 3.8) is 0 Å². The van der Waals surface area contributed by atoms with Crippen molar-refractivity contribution >= 4 is 11.3 Å². The van der Waals surface area contributed by atoms with E-state index in [4.69, 9.17) is 0 Å². The van der Waals surface area contributed by atoms with Crippen LogP contribution in [-0.2, 0) is 0 Å². The van der Waals surface area contributed by atoms with Gasteiger partial charge in [-0.05, 0) is 43.0 Å². The van der Waals surface area contributed by atoms with Crippen LogP contribution in [0.5, 0.6) is 0 Å². The maximum atomic E-state index is 14.3. The molecule has 0 fully saturated rings. The Bertz CT molecular complexity index is 533. The first-order valence-electron chi connectivity index (χ1n) is 6.17. The normalized spacial score (nSPS) is 12.7. The lowest BCUT2D eigenvalue weighted by Gasteiger charge is -2.20. The fourth-order valence-electron chi connectivity index (χ4n) is 2.18. The number of hydrogen-bond donors (Lipinski definition) is 1. The molecule has 0 radical (unpaired) electrons. The second-order valence-corrected chi connectivity index (χ2v) is 5.52. The molecule has 1 aromatic carbocycles. The summed E-state index contributed by atoms with van der Waals surface area (Å²) in [5.74, 6) is -0.103. The molecule has 0 bridgehead atoms. The average Bonchev–Trinajstić information content (AvgIpc) is 2.76. The Labute approximate surface area is 112 Å². The highest BCUT2D eigenvalue weighted by Crippen LogP contribution is 2.30. The van der Waals surface area contributed by atoms with E-state index in [1.807, 2.05) is 32.0 Å². The summed E-state index contributed by atoms with van der Waals surface area (Å²) in [5.41, 5.74) is 2.60. The van der Waals surface area contributed by atoms with Gasteiger partial charge in [-0.3, -0.25) is 0 Å². The molecule has 1 aromatic heterocycles. The number of thiophene rings is 1. The lowest BCUT2D eigenvalue weighted by atomic mass is 9.97. The zero-order valence-corrected chi connectivity index (χ0v) is 11.8. The van der Waals surface area contributed by atoms with Gasteiger partial charge in [-0.2, -0.15) is 0 Å². The van der Waals surface area contributed by atoms with Crippen LogP contribution in [0.2, 0.25) is 0 Å². The van der Waals surface area contributed by atoms with E-state index in [0.717, 1.165) is 12.1 Å². The highest BCUT2D eigenvalue weighted by atomic mass is 32.1. The van der Waals surface area contributed by atoms with Gasteiger partial charge in [0.2, 0.25) is 0 Å². The van der Waals surface area contributed by atoms with Gasteiger partial charge in [0, 0.05) is 10.4 Å². The van der Waals surface area contributed by atoms with Gasteiger partial charge >= 0.3 is 0 Å². The molecule has 0 aliphatic carbocycles. The summed E-state index contributed by atoms with van der Waals surface area (Å²) in [6, 6.07) is 7.62. The van der Waals surface area contributed by atoms with Gasteiger partial charge < -0.3 is 5.32 Å². The van der Waals surface area contributed by atoms with Crippen LogP contribution < -0.4 is 5.32 Å². The van der Waals surface area contributed by atoms with Gasteiger partial charge in [0.15, 0.2) is 0 Å². The summed E-state index contributed by atoms with van der Waals surface area (Å²) >= 11 is 1.70. The predicted octanol–water partition coefficient (Wildman–Crippen LogP) is 4.20. The van der Waals surface area contributed by atoms with E-state index in [1.54, 1.807) is 11.3 Å². The molecule has 1 N–H and O–H groups in total. The molecule has 2 aromatic rings. The zero-order valence-electron chi connectivity index (χ0n) is 11.0. The van der Waals surface area contributed by atoms with Gasteiger partial charge in [-0.15, -0.1) is 11.3 Å². The number of benzene rings is 1. The third-order valence-electron chi connectivity index (χ3n) is 3.15. The SMILES string of the molecule is CCNC(c1ccsc1C)c1cccc(C)c1F. The summed E-state index contributed by atoms with van der Waals surface area (Å²) in [6.07, 6.45) is 0. The number of nitrogens with one attached hydrogen (secondary N) is 1. The fraction of sp³-hybridized carbons (Fsp3) is 0.333. The summed E-state index contributed by atoms with van der Waals surface area (Å²) in [7, 11) is 0. The van der Waals surface area contributed by atoms with Gasteiger partial charge in [0.1, 0.15) is 5.82 Å². The zero-order chi connectivity index (χ0) is 13.1. The number of aryl methyl sites for hydroxylation is 2. The lowest BCUT2D eigenvalue weighted by Crippen LogP contribution is -2.23. The number of halogens is 1. The van der Waals surface area contributed by atoms with Gasteiger partial charge in [-0.25, -0.2) is 4.39 Å². The first kappa shape index (κ1) is 13.2. The van der Waals surface area contributed by atoms with Crippen LogP contribution in [0.3, 0.4) is 0 Å². The molecule has 2 rings (SSSR count). The van der Waals surface area contributed by atoms with Crippen molar-refractivity contribution < 1.29 is 4.39 Å². The van der Waals surface area contributed by atoms with Crippen LogP contribution in [0, 0.1) is 19.7 Å². The Morgan fingerprint density at radius 3 is 2.61 bits per heavy atom. The van der Waals surface area contributed by atoms with E-state index < -0.39 is 0 Å². The van der Waals surface area contributed by atoms with Crippen molar-refractivity contribution in [3.05, 3.63) is 57.0 Å². The van der Waals surface area contributed by atoms with Crippen LogP contribution in [0.15, 0.2) is 29.6 Å². The standard InChI is InChI=1S/C15H18FNS/c1-4-17-15(12-8-9-18-11(12)3)13-7-5-6-10(2)14(13)16/h5-9,15,17H,4H2,1-3H3. The Morgan fingerprint density at radius 2 is 2.00 bits per heavy atom. The van der Waals surface area contributed by atoms with Crippen LogP contribution >= 0.6 is 11.3 Å². The first-order chi connectivity index (χ1) is 8.65. The van der Waals surface area contributed by atoms with Crippen LogP contribution in [0.1, 0.15) is 34.5 Å². The second-order valence-electron chi connectivity index (χ2n) is 4.40. The average molecular weight is 263 g/mol. The van der Waals surface area contributed by atoms with E-state index >= 15 is 0 Å². The first-order valence-corrected chi connectivity index (χ1v) is 7.05. The van der Waals surface area contributed by atoms with Gasteiger partial charge in [0.05, 0.1) is 6.04 Å². The molecule has 0 saturated carbocycles. The van der Waals surface area contributed by atoms with E-state index in [1.165, 1.54) is 10.4 Å². The molecule has 1 nitrogen and oxygen atoms in total.